The first kappa shape index (κ1) is 19.2. The van der Waals surface area contributed by atoms with E-state index in [1.54, 1.807) is 44.2 Å². The average molecular weight is 364 g/mol. The molecule has 0 unspecified atom stereocenters. The summed E-state index contributed by atoms with van der Waals surface area (Å²) in [6.45, 7) is 7.18. The second-order valence-corrected chi connectivity index (χ2v) is 6.06. The van der Waals surface area contributed by atoms with Gasteiger partial charge in [-0.3, -0.25) is 4.79 Å². The van der Waals surface area contributed by atoms with Gasteiger partial charge in [-0.25, -0.2) is 0 Å². The quantitative estimate of drug-likeness (QED) is 0.370. The van der Waals surface area contributed by atoms with Crippen molar-refractivity contribution >= 4 is 29.2 Å². The summed E-state index contributed by atoms with van der Waals surface area (Å²) >= 11 is 5.87. The van der Waals surface area contributed by atoms with E-state index in [9.17, 15) is 10.1 Å². The van der Waals surface area contributed by atoms with Gasteiger partial charge in [0.1, 0.15) is 23.2 Å². The predicted octanol–water partition coefficient (Wildman–Crippen LogP) is 5.80. The molecule has 26 heavy (non-hydrogen) atoms. The van der Waals surface area contributed by atoms with Crippen LogP contribution in [0.3, 0.4) is 0 Å². The van der Waals surface area contributed by atoms with Crippen molar-refractivity contribution in [1.29, 1.82) is 5.26 Å². The Morgan fingerprint density at radius 3 is 2.31 bits per heavy atom. The Labute approximate surface area is 158 Å². The number of nitrogens with zero attached hydrogens (tertiary/aromatic N) is 1. The van der Waals surface area contributed by atoms with Gasteiger partial charge in [0, 0.05) is 16.2 Å². The molecule has 0 saturated carbocycles. The van der Waals surface area contributed by atoms with Crippen molar-refractivity contribution in [1.82, 2.24) is 0 Å². The maximum Gasteiger partial charge on any atom is 0.202 e. The van der Waals surface area contributed by atoms with Crippen molar-refractivity contribution < 1.29 is 9.53 Å². The molecule has 130 valence electrons. The lowest BCUT2D eigenvalue weighted by Gasteiger charge is -2.12. The molecular formula is C22H18ClNO2. The Morgan fingerprint density at radius 2 is 1.73 bits per heavy atom. The molecule has 0 aliphatic rings. The monoisotopic (exact) mass is 363 g/mol. The van der Waals surface area contributed by atoms with Gasteiger partial charge in [-0.1, -0.05) is 48.5 Å². The number of halogens is 1. The number of carbonyl (C=O) groups excluding carboxylic acids is 1. The first-order valence-corrected chi connectivity index (χ1v) is 8.32. The Bertz CT molecular complexity index is 917. The van der Waals surface area contributed by atoms with E-state index in [0.29, 0.717) is 22.1 Å². The fourth-order valence-electron chi connectivity index (χ4n) is 2.18. The number of ketones is 1. The minimum Gasteiger partial charge on any atom is -0.462 e. The molecule has 0 fully saturated rings. The van der Waals surface area contributed by atoms with E-state index in [2.05, 4.69) is 6.58 Å². The van der Waals surface area contributed by atoms with Crippen LogP contribution in [0.4, 0.5) is 0 Å². The van der Waals surface area contributed by atoms with Gasteiger partial charge >= 0.3 is 0 Å². The molecule has 0 N–H and O–H groups in total. The van der Waals surface area contributed by atoms with Crippen LogP contribution in [0.25, 0.3) is 11.8 Å². The third kappa shape index (κ3) is 4.95. The van der Waals surface area contributed by atoms with Crippen molar-refractivity contribution in [2.75, 3.05) is 0 Å². The number of hydrogen-bond donors (Lipinski definition) is 0. The van der Waals surface area contributed by atoms with Gasteiger partial charge in [0.2, 0.25) is 5.78 Å². The Hall–Kier alpha value is -3.09. The standard InChI is InChI=1S/C22H18ClNO2/c1-15(16(2)26-17(3)19-9-11-21(23)12-10-19)22(25)20(14-24)13-18-7-5-4-6-8-18/h4-13H,3H2,1-2H3. The van der Waals surface area contributed by atoms with Gasteiger partial charge in [0.15, 0.2) is 0 Å². The minimum atomic E-state index is -0.377. The highest BCUT2D eigenvalue weighted by Gasteiger charge is 2.15. The highest BCUT2D eigenvalue weighted by molar-refractivity contribution is 6.30. The molecule has 0 aromatic heterocycles. The topological polar surface area (TPSA) is 50.1 Å². The Balaban J connectivity index is 2.21. The number of hydrogen-bond acceptors (Lipinski definition) is 3. The van der Waals surface area contributed by atoms with Crippen LogP contribution >= 0.6 is 11.6 Å². The number of nitriles is 1. The van der Waals surface area contributed by atoms with Crippen LogP contribution in [0.2, 0.25) is 5.02 Å². The second kappa shape index (κ2) is 8.84. The number of benzene rings is 2. The molecule has 0 aliphatic carbocycles. The summed E-state index contributed by atoms with van der Waals surface area (Å²) < 4.78 is 5.69. The zero-order valence-electron chi connectivity index (χ0n) is 14.6. The maximum absolute atomic E-state index is 12.6. The lowest BCUT2D eigenvalue weighted by molar-refractivity contribution is -0.112. The van der Waals surface area contributed by atoms with E-state index >= 15 is 0 Å². The van der Waals surface area contributed by atoms with Crippen molar-refractivity contribution in [3.05, 3.63) is 94.2 Å². The molecule has 2 aromatic rings. The molecule has 2 rings (SSSR count). The lowest BCUT2D eigenvalue weighted by Crippen LogP contribution is -2.06. The molecule has 0 heterocycles. The first-order chi connectivity index (χ1) is 12.4. The largest absolute Gasteiger partial charge is 0.462 e. The summed E-state index contributed by atoms with van der Waals surface area (Å²) in [7, 11) is 0. The van der Waals surface area contributed by atoms with Crippen LogP contribution in [0, 0.1) is 11.3 Å². The van der Waals surface area contributed by atoms with Crippen molar-refractivity contribution in [3.8, 4) is 6.07 Å². The molecule has 0 aliphatic heterocycles. The first-order valence-electron chi connectivity index (χ1n) is 7.94. The number of ether oxygens (including phenoxy) is 1. The lowest BCUT2D eigenvalue weighted by atomic mass is 10.0. The fraction of sp³-hybridized carbons (Fsp3) is 0.0909. The van der Waals surface area contributed by atoms with Gasteiger partial charge in [0.25, 0.3) is 0 Å². The average Bonchev–Trinajstić information content (AvgIpc) is 2.66. The van der Waals surface area contributed by atoms with Crippen molar-refractivity contribution in [2.45, 2.75) is 13.8 Å². The van der Waals surface area contributed by atoms with Crippen molar-refractivity contribution in [3.63, 3.8) is 0 Å². The second-order valence-electron chi connectivity index (χ2n) is 5.62. The van der Waals surface area contributed by atoms with E-state index < -0.39 is 0 Å². The zero-order valence-corrected chi connectivity index (χ0v) is 15.4. The number of rotatable bonds is 6. The highest BCUT2D eigenvalue weighted by atomic mass is 35.5. The van der Waals surface area contributed by atoms with E-state index in [1.807, 2.05) is 36.4 Å². The molecule has 0 spiro atoms. The molecule has 0 saturated heterocycles. The van der Waals surface area contributed by atoms with E-state index in [-0.39, 0.29) is 11.4 Å². The molecular weight excluding hydrogens is 346 g/mol. The summed E-state index contributed by atoms with van der Waals surface area (Å²) in [5.41, 5.74) is 1.95. The smallest absolute Gasteiger partial charge is 0.202 e. The SMILES string of the molecule is C=C(OC(C)=C(C)C(=O)C(C#N)=Cc1ccccc1)c1ccc(Cl)cc1. The predicted molar refractivity (Wildman–Crippen MR) is 105 cm³/mol. The minimum absolute atomic E-state index is 0.0498. The maximum atomic E-state index is 12.6. The van der Waals surface area contributed by atoms with Gasteiger partial charge in [-0.15, -0.1) is 0 Å². The van der Waals surface area contributed by atoms with Crippen molar-refractivity contribution in [2.24, 2.45) is 0 Å². The highest BCUT2D eigenvalue weighted by Crippen LogP contribution is 2.22. The normalized spacial score (nSPS) is 12.0. The van der Waals surface area contributed by atoms with Crippen LogP contribution in [0.1, 0.15) is 25.0 Å². The van der Waals surface area contributed by atoms with Gasteiger partial charge in [-0.05, 0) is 49.8 Å². The summed E-state index contributed by atoms with van der Waals surface area (Å²) in [5.74, 6) is 0.416. The van der Waals surface area contributed by atoms with Crippen LogP contribution in [0.15, 0.2) is 78.1 Å². The Morgan fingerprint density at radius 1 is 1.12 bits per heavy atom. The number of carbonyl (C=O) groups is 1. The third-order valence-electron chi connectivity index (χ3n) is 3.79. The van der Waals surface area contributed by atoms with Crippen LogP contribution in [0.5, 0.6) is 0 Å². The van der Waals surface area contributed by atoms with E-state index in [0.717, 1.165) is 11.1 Å². The van der Waals surface area contributed by atoms with Gasteiger partial charge < -0.3 is 4.74 Å². The summed E-state index contributed by atoms with van der Waals surface area (Å²) in [4.78, 5) is 12.6. The molecule has 0 amide bonds. The summed E-state index contributed by atoms with van der Waals surface area (Å²) in [6, 6.07) is 18.2. The Kier molecular flexibility index (Phi) is 6.54. The van der Waals surface area contributed by atoms with E-state index in [4.69, 9.17) is 16.3 Å². The fourth-order valence-corrected chi connectivity index (χ4v) is 2.31. The molecule has 4 heteroatoms. The van der Waals surface area contributed by atoms with Gasteiger partial charge in [0.05, 0.1) is 0 Å². The molecule has 0 atom stereocenters. The molecule has 3 nitrogen and oxygen atoms in total. The van der Waals surface area contributed by atoms with Crippen LogP contribution in [-0.4, -0.2) is 5.78 Å². The van der Waals surface area contributed by atoms with E-state index in [1.165, 1.54) is 0 Å². The summed E-state index contributed by atoms with van der Waals surface area (Å²) in [6.07, 6.45) is 1.56. The van der Waals surface area contributed by atoms with Gasteiger partial charge in [-0.2, -0.15) is 5.26 Å². The number of Topliss-reactive ketones (excluding diaryl/α,β-unsaturated/α-hetero) is 1. The molecule has 0 radical (unpaired) electrons. The molecule has 2 aromatic carbocycles. The van der Waals surface area contributed by atoms with Crippen LogP contribution < -0.4 is 0 Å². The third-order valence-corrected chi connectivity index (χ3v) is 4.04. The zero-order chi connectivity index (χ0) is 19.1. The summed E-state index contributed by atoms with van der Waals surface area (Å²) in [5, 5.41) is 9.96. The number of allylic oxidation sites excluding steroid dienone is 3. The molecule has 0 bridgehead atoms. The van der Waals surface area contributed by atoms with Crippen LogP contribution in [-0.2, 0) is 9.53 Å².